The molecule has 2 heteroatoms. The summed E-state index contributed by atoms with van der Waals surface area (Å²) in [6.45, 7) is 5.97. The lowest BCUT2D eigenvalue weighted by Gasteiger charge is -2.19. The minimum absolute atomic E-state index is 0.0387. The molecule has 0 heterocycles. The molecule has 0 fully saturated rings. The van der Waals surface area contributed by atoms with Crippen molar-refractivity contribution in [1.82, 2.24) is 0 Å². The van der Waals surface area contributed by atoms with Crippen molar-refractivity contribution in [3.63, 3.8) is 0 Å². The van der Waals surface area contributed by atoms with E-state index in [2.05, 4.69) is 6.92 Å². The van der Waals surface area contributed by atoms with Crippen molar-refractivity contribution in [3.05, 3.63) is 35.1 Å². The van der Waals surface area contributed by atoms with Crippen molar-refractivity contribution in [2.45, 2.75) is 52.6 Å². The molecule has 1 unspecified atom stereocenters. The average molecular weight is 238 g/mol. The van der Waals surface area contributed by atoms with Gasteiger partial charge in [-0.1, -0.05) is 45.7 Å². The first-order valence-corrected chi connectivity index (χ1v) is 6.53. The Kier molecular flexibility index (Phi) is 5.63. The van der Waals surface area contributed by atoms with Gasteiger partial charge in [0.2, 0.25) is 0 Å². The van der Waals surface area contributed by atoms with E-state index in [4.69, 9.17) is 0 Å². The molecule has 17 heavy (non-hydrogen) atoms. The van der Waals surface area contributed by atoms with Crippen LogP contribution in [0, 0.1) is 11.7 Å². The molecule has 1 aromatic carbocycles. The molecule has 0 aromatic heterocycles. The molecule has 0 radical (unpaired) electrons. The van der Waals surface area contributed by atoms with E-state index in [9.17, 15) is 9.50 Å². The van der Waals surface area contributed by atoms with E-state index in [1.807, 2.05) is 19.9 Å². The lowest BCUT2D eigenvalue weighted by atomic mass is 9.92. The zero-order valence-electron chi connectivity index (χ0n) is 11.0. The van der Waals surface area contributed by atoms with Gasteiger partial charge in [0.05, 0.1) is 6.10 Å². The molecule has 0 spiro atoms. The summed E-state index contributed by atoms with van der Waals surface area (Å²) in [6, 6.07) is 5.09. The first-order chi connectivity index (χ1) is 8.07. The fourth-order valence-corrected chi connectivity index (χ4v) is 2.03. The highest BCUT2D eigenvalue weighted by Crippen LogP contribution is 2.28. The second-order valence-corrected chi connectivity index (χ2v) is 4.96. The minimum atomic E-state index is -0.701. The Morgan fingerprint density at radius 2 is 1.94 bits per heavy atom. The van der Waals surface area contributed by atoms with Crippen LogP contribution in [0.15, 0.2) is 18.2 Å². The number of rotatable bonds is 6. The van der Waals surface area contributed by atoms with Gasteiger partial charge in [-0.3, -0.25) is 0 Å². The van der Waals surface area contributed by atoms with Gasteiger partial charge in [0.25, 0.3) is 0 Å². The highest BCUT2D eigenvalue weighted by Gasteiger charge is 2.19. The Hall–Kier alpha value is -0.890. The van der Waals surface area contributed by atoms with E-state index < -0.39 is 6.10 Å². The molecule has 0 aliphatic heterocycles. The summed E-state index contributed by atoms with van der Waals surface area (Å²) < 4.78 is 13.8. The Bertz CT molecular complexity index is 347. The predicted molar refractivity (Wildman–Crippen MR) is 69.4 cm³/mol. The van der Waals surface area contributed by atoms with Crippen LogP contribution in [0.1, 0.15) is 57.3 Å². The zero-order chi connectivity index (χ0) is 12.8. The Labute approximate surface area is 104 Å². The first kappa shape index (κ1) is 14.2. The Morgan fingerprint density at radius 3 is 2.53 bits per heavy atom. The second kappa shape index (κ2) is 6.75. The molecule has 0 saturated carbocycles. The van der Waals surface area contributed by atoms with E-state index in [1.54, 1.807) is 6.07 Å². The molecule has 1 atom stereocenters. The van der Waals surface area contributed by atoms with Crippen molar-refractivity contribution in [2.24, 2.45) is 5.92 Å². The predicted octanol–water partition coefficient (Wildman–Crippen LogP) is 4.25. The summed E-state index contributed by atoms with van der Waals surface area (Å²) in [6.07, 6.45) is 3.50. The number of aryl methyl sites for hydroxylation is 1. The number of benzene rings is 1. The highest BCUT2D eigenvalue weighted by molar-refractivity contribution is 5.31. The number of aliphatic hydroxyl groups excluding tert-OH is 1. The molecule has 1 rings (SSSR count). The Morgan fingerprint density at radius 1 is 1.24 bits per heavy atom. The van der Waals surface area contributed by atoms with Crippen LogP contribution >= 0.6 is 0 Å². The quantitative estimate of drug-likeness (QED) is 0.735. The molecular formula is C15H23FO. The maximum atomic E-state index is 13.8. The normalized spacial score (nSPS) is 13.1. The van der Waals surface area contributed by atoms with Gasteiger partial charge in [-0.2, -0.15) is 0 Å². The number of aliphatic hydroxyl groups is 1. The number of halogens is 1. The van der Waals surface area contributed by atoms with Crippen LogP contribution in [0.2, 0.25) is 0 Å². The number of hydrogen-bond acceptors (Lipinski definition) is 1. The molecule has 1 N–H and O–H groups in total. The third-order valence-electron chi connectivity index (χ3n) is 3.12. The molecule has 1 nitrogen and oxygen atoms in total. The summed E-state index contributed by atoms with van der Waals surface area (Å²) >= 11 is 0. The SMILES string of the molecule is CCCCCc1cccc(F)c1C(O)C(C)C. The third-order valence-corrected chi connectivity index (χ3v) is 3.12. The van der Waals surface area contributed by atoms with E-state index in [1.165, 1.54) is 6.07 Å². The highest BCUT2D eigenvalue weighted by atomic mass is 19.1. The standard InChI is InChI=1S/C15H23FO/c1-4-5-6-8-12-9-7-10-13(16)14(12)15(17)11(2)3/h7,9-11,15,17H,4-6,8H2,1-3H3. The number of unbranched alkanes of at least 4 members (excludes halogenated alkanes) is 2. The summed E-state index contributed by atoms with van der Waals surface area (Å²) in [7, 11) is 0. The van der Waals surface area contributed by atoms with Gasteiger partial charge in [0.15, 0.2) is 0 Å². The zero-order valence-corrected chi connectivity index (χ0v) is 11.0. The van der Waals surface area contributed by atoms with Crippen molar-refractivity contribution in [3.8, 4) is 0 Å². The van der Waals surface area contributed by atoms with Crippen molar-refractivity contribution >= 4 is 0 Å². The second-order valence-electron chi connectivity index (χ2n) is 4.96. The van der Waals surface area contributed by atoms with Gasteiger partial charge in [-0.15, -0.1) is 0 Å². The van der Waals surface area contributed by atoms with Gasteiger partial charge in [0, 0.05) is 5.56 Å². The van der Waals surface area contributed by atoms with Crippen LogP contribution < -0.4 is 0 Å². The van der Waals surface area contributed by atoms with Gasteiger partial charge in [0.1, 0.15) is 5.82 Å². The lowest BCUT2D eigenvalue weighted by Crippen LogP contribution is -2.11. The largest absolute Gasteiger partial charge is 0.388 e. The molecule has 0 aliphatic rings. The van der Waals surface area contributed by atoms with Gasteiger partial charge in [-0.25, -0.2) is 4.39 Å². The topological polar surface area (TPSA) is 20.2 Å². The van der Waals surface area contributed by atoms with Crippen LogP contribution in [0.25, 0.3) is 0 Å². The van der Waals surface area contributed by atoms with E-state index in [0.29, 0.717) is 5.56 Å². The fraction of sp³-hybridized carbons (Fsp3) is 0.600. The van der Waals surface area contributed by atoms with Crippen LogP contribution in [0.3, 0.4) is 0 Å². The summed E-state index contributed by atoms with van der Waals surface area (Å²) in [5.74, 6) is -0.239. The average Bonchev–Trinajstić information content (AvgIpc) is 2.28. The maximum absolute atomic E-state index is 13.8. The molecular weight excluding hydrogens is 215 g/mol. The van der Waals surface area contributed by atoms with E-state index in [-0.39, 0.29) is 11.7 Å². The molecule has 96 valence electrons. The summed E-state index contributed by atoms with van der Waals surface area (Å²) in [4.78, 5) is 0. The molecule has 0 aliphatic carbocycles. The van der Waals surface area contributed by atoms with E-state index >= 15 is 0 Å². The molecule has 0 amide bonds. The fourth-order valence-electron chi connectivity index (χ4n) is 2.03. The van der Waals surface area contributed by atoms with Crippen molar-refractivity contribution in [2.75, 3.05) is 0 Å². The molecule has 1 aromatic rings. The van der Waals surface area contributed by atoms with Crippen LogP contribution in [-0.4, -0.2) is 5.11 Å². The molecule has 0 saturated heterocycles. The lowest BCUT2D eigenvalue weighted by molar-refractivity contribution is 0.122. The minimum Gasteiger partial charge on any atom is -0.388 e. The third kappa shape index (κ3) is 3.81. The Balaban J connectivity index is 2.91. The van der Waals surface area contributed by atoms with Crippen LogP contribution in [0.5, 0.6) is 0 Å². The first-order valence-electron chi connectivity index (χ1n) is 6.53. The monoisotopic (exact) mass is 238 g/mol. The number of hydrogen-bond donors (Lipinski definition) is 1. The van der Waals surface area contributed by atoms with Crippen molar-refractivity contribution < 1.29 is 9.50 Å². The van der Waals surface area contributed by atoms with Crippen LogP contribution in [-0.2, 0) is 6.42 Å². The van der Waals surface area contributed by atoms with Crippen LogP contribution in [0.4, 0.5) is 4.39 Å². The van der Waals surface area contributed by atoms with Gasteiger partial charge < -0.3 is 5.11 Å². The molecule has 0 bridgehead atoms. The van der Waals surface area contributed by atoms with Gasteiger partial charge >= 0.3 is 0 Å². The maximum Gasteiger partial charge on any atom is 0.129 e. The van der Waals surface area contributed by atoms with E-state index in [0.717, 1.165) is 31.2 Å². The summed E-state index contributed by atoms with van der Waals surface area (Å²) in [5, 5.41) is 10.1. The smallest absolute Gasteiger partial charge is 0.129 e. The summed E-state index contributed by atoms with van der Waals surface area (Å²) in [5.41, 5.74) is 1.46. The van der Waals surface area contributed by atoms with Gasteiger partial charge in [-0.05, 0) is 30.4 Å². The van der Waals surface area contributed by atoms with Crippen molar-refractivity contribution in [1.29, 1.82) is 0 Å².